The van der Waals surface area contributed by atoms with Crippen molar-refractivity contribution in [1.29, 1.82) is 0 Å². The van der Waals surface area contributed by atoms with Crippen LogP contribution in [0.1, 0.15) is 10.5 Å². The number of pyridine rings is 1. The molecule has 0 aliphatic carbocycles. The second-order valence-electron chi connectivity index (χ2n) is 4.43. The first-order chi connectivity index (χ1) is 10.6. The van der Waals surface area contributed by atoms with Gasteiger partial charge in [0, 0.05) is 14.1 Å². The Hall–Kier alpha value is -1.77. The van der Waals surface area contributed by atoms with Gasteiger partial charge in [-0.1, -0.05) is 34.8 Å². The summed E-state index contributed by atoms with van der Waals surface area (Å²) >= 11 is 17.3. The van der Waals surface area contributed by atoms with E-state index in [2.05, 4.69) is 10.3 Å². The molecule has 3 N–H and O–H groups in total. The van der Waals surface area contributed by atoms with Crippen molar-refractivity contribution in [2.45, 2.75) is 0 Å². The van der Waals surface area contributed by atoms with Crippen LogP contribution >= 0.6 is 34.8 Å². The fourth-order valence-electron chi connectivity index (χ4n) is 1.25. The number of halogens is 3. The molecule has 0 aliphatic heterocycles. The number of likely N-dealkylation sites (N-methyl/N-ethyl adjacent to an activating group) is 1. The molecule has 0 atom stereocenters. The zero-order valence-electron chi connectivity index (χ0n) is 12.2. The first kappa shape index (κ1) is 19.3. The molecule has 1 heterocycles. The SMILES string of the molecule is CN(C)C(=O)CNC(=O)COC(=O)c1nc(Cl)c(Cl)c(N)c1Cl. The van der Waals surface area contributed by atoms with Crippen molar-refractivity contribution in [2.24, 2.45) is 0 Å². The smallest absolute Gasteiger partial charge is 0.359 e. The maximum atomic E-state index is 11.9. The van der Waals surface area contributed by atoms with E-state index >= 15 is 0 Å². The predicted molar refractivity (Wildman–Crippen MR) is 85.7 cm³/mol. The number of hydrogen-bond acceptors (Lipinski definition) is 6. The van der Waals surface area contributed by atoms with Crippen molar-refractivity contribution < 1.29 is 19.1 Å². The normalized spacial score (nSPS) is 10.1. The number of nitrogens with two attached hydrogens (primary N) is 1. The lowest BCUT2D eigenvalue weighted by atomic mass is 10.3. The summed E-state index contributed by atoms with van der Waals surface area (Å²) in [6, 6.07) is 0. The molecular formula is C12H13Cl3N4O4. The van der Waals surface area contributed by atoms with Crippen molar-refractivity contribution in [2.75, 3.05) is 33.0 Å². The van der Waals surface area contributed by atoms with Crippen molar-refractivity contribution in [1.82, 2.24) is 15.2 Å². The van der Waals surface area contributed by atoms with Gasteiger partial charge in [-0.15, -0.1) is 0 Å². The highest BCUT2D eigenvalue weighted by molar-refractivity contribution is 6.46. The van der Waals surface area contributed by atoms with Gasteiger partial charge in [-0.25, -0.2) is 9.78 Å². The molecule has 1 aromatic heterocycles. The van der Waals surface area contributed by atoms with Crippen LogP contribution in [0.5, 0.6) is 0 Å². The monoisotopic (exact) mass is 382 g/mol. The van der Waals surface area contributed by atoms with E-state index < -0.39 is 18.5 Å². The largest absolute Gasteiger partial charge is 0.451 e. The molecule has 126 valence electrons. The number of nitrogens with zero attached hydrogens (tertiary/aromatic N) is 2. The Bertz CT molecular complexity index is 652. The van der Waals surface area contributed by atoms with Crippen molar-refractivity contribution in [3.8, 4) is 0 Å². The minimum atomic E-state index is -1.01. The van der Waals surface area contributed by atoms with Crippen LogP contribution in [0.15, 0.2) is 0 Å². The maximum Gasteiger partial charge on any atom is 0.359 e. The highest BCUT2D eigenvalue weighted by Crippen LogP contribution is 2.34. The van der Waals surface area contributed by atoms with Gasteiger partial charge in [0.1, 0.15) is 5.02 Å². The Morgan fingerprint density at radius 3 is 2.39 bits per heavy atom. The molecule has 0 bridgehead atoms. The summed E-state index contributed by atoms with van der Waals surface area (Å²) in [6.45, 7) is -0.847. The van der Waals surface area contributed by atoms with Crippen LogP contribution in [0.2, 0.25) is 15.2 Å². The Kier molecular flexibility index (Phi) is 6.86. The molecule has 0 fully saturated rings. The van der Waals surface area contributed by atoms with E-state index in [-0.39, 0.29) is 39.0 Å². The van der Waals surface area contributed by atoms with Crippen LogP contribution in [-0.2, 0) is 14.3 Å². The molecule has 0 aromatic carbocycles. The quantitative estimate of drug-likeness (QED) is 0.579. The number of ether oxygens (including phenoxy) is 1. The molecule has 8 nitrogen and oxygen atoms in total. The first-order valence-electron chi connectivity index (χ1n) is 6.09. The van der Waals surface area contributed by atoms with Gasteiger partial charge in [0.15, 0.2) is 17.5 Å². The van der Waals surface area contributed by atoms with E-state index in [1.807, 2.05) is 0 Å². The third kappa shape index (κ3) is 5.12. The van der Waals surface area contributed by atoms with Gasteiger partial charge in [0.2, 0.25) is 5.91 Å². The number of carbonyl (C=O) groups is 3. The Labute approximate surface area is 146 Å². The number of hydrogen-bond donors (Lipinski definition) is 2. The summed E-state index contributed by atoms with van der Waals surface area (Å²) in [4.78, 5) is 39.6. The topological polar surface area (TPSA) is 115 Å². The molecule has 0 unspecified atom stereocenters. The number of nitrogen functional groups attached to an aromatic ring is 1. The van der Waals surface area contributed by atoms with E-state index in [9.17, 15) is 14.4 Å². The fourth-order valence-corrected chi connectivity index (χ4v) is 1.83. The van der Waals surface area contributed by atoms with Gasteiger partial charge in [0.25, 0.3) is 5.91 Å². The van der Waals surface area contributed by atoms with Crippen LogP contribution in [0.25, 0.3) is 0 Å². The lowest BCUT2D eigenvalue weighted by Crippen LogP contribution is -2.38. The van der Waals surface area contributed by atoms with Gasteiger partial charge in [-0.3, -0.25) is 9.59 Å². The molecule has 11 heteroatoms. The molecule has 0 saturated carbocycles. The van der Waals surface area contributed by atoms with Crippen LogP contribution in [-0.4, -0.2) is 54.9 Å². The lowest BCUT2D eigenvalue weighted by molar-refractivity contribution is -0.131. The Morgan fingerprint density at radius 1 is 1.22 bits per heavy atom. The van der Waals surface area contributed by atoms with E-state index in [1.165, 1.54) is 19.0 Å². The molecular weight excluding hydrogens is 371 g/mol. The van der Waals surface area contributed by atoms with Crippen LogP contribution in [0, 0.1) is 0 Å². The molecule has 2 amide bonds. The molecule has 0 spiro atoms. The molecule has 23 heavy (non-hydrogen) atoms. The van der Waals surface area contributed by atoms with E-state index in [4.69, 9.17) is 45.3 Å². The number of carbonyl (C=O) groups excluding carboxylic acids is 3. The zero-order chi connectivity index (χ0) is 17.7. The van der Waals surface area contributed by atoms with Gasteiger partial charge in [-0.2, -0.15) is 0 Å². The number of aromatic nitrogens is 1. The Morgan fingerprint density at radius 2 is 1.83 bits per heavy atom. The third-order valence-corrected chi connectivity index (χ3v) is 3.67. The zero-order valence-corrected chi connectivity index (χ0v) is 14.4. The van der Waals surface area contributed by atoms with Crippen molar-refractivity contribution >= 4 is 58.3 Å². The van der Waals surface area contributed by atoms with E-state index in [0.29, 0.717) is 0 Å². The fraction of sp³-hybridized carbons (Fsp3) is 0.333. The molecule has 0 aliphatic rings. The summed E-state index contributed by atoms with van der Waals surface area (Å²) < 4.78 is 4.73. The van der Waals surface area contributed by atoms with Gasteiger partial charge < -0.3 is 20.7 Å². The van der Waals surface area contributed by atoms with Gasteiger partial charge in [0.05, 0.1) is 17.3 Å². The number of nitrogens with one attached hydrogen (secondary N) is 1. The van der Waals surface area contributed by atoms with Crippen LogP contribution < -0.4 is 11.1 Å². The minimum Gasteiger partial charge on any atom is -0.451 e. The summed E-state index contributed by atoms with van der Waals surface area (Å²) in [5.74, 6) is -1.99. The summed E-state index contributed by atoms with van der Waals surface area (Å²) in [5.41, 5.74) is 5.08. The van der Waals surface area contributed by atoms with Crippen molar-refractivity contribution in [3.05, 3.63) is 20.9 Å². The number of amides is 2. The van der Waals surface area contributed by atoms with Gasteiger partial charge >= 0.3 is 5.97 Å². The maximum absolute atomic E-state index is 11.9. The highest BCUT2D eigenvalue weighted by atomic mass is 35.5. The Balaban J connectivity index is 2.64. The standard InChI is InChI=1S/C12H13Cl3N4O4/c1-19(2)6(21)3-17-5(20)4-23-12(22)10-7(13)9(16)8(14)11(15)18-10/h3-4H2,1-2H3,(H2,16,18)(H,17,20). The molecule has 0 saturated heterocycles. The summed E-state index contributed by atoms with van der Waals surface area (Å²) in [5, 5.41) is 1.74. The van der Waals surface area contributed by atoms with Gasteiger partial charge in [-0.05, 0) is 0 Å². The third-order valence-electron chi connectivity index (χ3n) is 2.54. The average molecular weight is 384 g/mol. The molecule has 0 radical (unpaired) electrons. The van der Waals surface area contributed by atoms with E-state index in [1.54, 1.807) is 0 Å². The minimum absolute atomic E-state index is 0.0897. The second kappa shape index (κ2) is 8.19. The molecule has 1 aromatic rings. The van der Waals surface area contributed by atoms with E-state index in [0.717, 1.165) is 0 Å². The summed E-state index contributed by atoms with van der Waals surface area (Å²) in [7, 11) is 3.08. The predicted octanol–water partition coefficient (Wildman–Crippen LogP) is 0.985. The number of esters is 1. The number of rotatable bonds is 5. The van der Waals surface area contributed by atoms with Crippen LogP contribution in [0.4, 0.5) is 5.69 Å². The summed E-state index contributed by atoms with van der Waals surface area (Å²) in [6.07, 6.45) is 0. The number of anilines is 1. The molecule has 1 rings (SSSR count). The van der Waals surface area contributed by atoms with Crippen LogP contribution in [0.3, 0.4) is 0 Å². The first-order valence-corrected chi connectivity index (χ1v) is 7.22. The average Bonchev–Trinajstić information content (AvgIpc) is 2.51. The second-order valence-corrected chi connectivity index (χ2v) is 5.55. The highest BCUT2D eigenvalue weighted by Gasteiger charge is 2.21. The lowest BCUT2D eigenvalue weighted by Gasteiger charge is -2.11. The van der Waals surface area contributed by atoms with Crippen molar-refractivity contribution in [3.63, 3.8) is 0 Å².